The quantitative estimate of drug-likeness (QED) is 0.356. The van der Waals surface area contributed by atoms with Crippen molar-refractivity contribution in [3.05, 3.63) is 22.3 Å². The molecule has 1 aromatic rings. The molecular formula is C19H27N3O4S. The fraction of sp³-hybridized carbons (Fsp3) is 0.526. The van der Waals surface area contributed by atoms with E-state index in [0.717, 1.165) is 39.8 Å². The van der Waals surface area contributed by atoms with Gasteiger partial charge in [-0.25, -0.2) is 0 Å². The Hall–Kier alpha value is -2.22. The van der Waals surface area contributed by atoms with E-state index in [-0.39, 0.29) is 11.9 Å². The molecule has 8 heteroatoms. The van der Waals surface area contributed by atoms with Crippen molar-refractivity contribution in [2.75, 3.05) is 14.1 Å². The van der Waals surface area contributed by atoms with E-state index in [1.54, 1.807) is 19.0 Å². The summed E-state index contributed by atoms with van der Waals surface area (Å²) >= 11 is 1.03. The van der Waals surface area contributed by atoms with E-state index < -0.39 is 10.2 Å². The minimum absolute atomic E-state index is 0.154. The molecule has 1 aromatic carbocycles. The van der Waals surface area contributed by atoms with Gasteiger partial charge < -0.3 is 20.1 Å². The van der Waals surface area contributed by atoms with Crippen molar-refractivity contribution < 1.29 is 19.1 Å². The second-order valence-corrected chi connectivity index (χ2v) is 8.49. The summed E-state index contributed by atoms with van der Waals surface area (Å²) in [6, 6.07) is 0. The number of nitrogens with two attached hydrogens (primary N) is 1. The number of aliphatic imine (C=N–C) groups is 1. The summed E-state index contributed by atoms with van der Waals surface area (Å²) in [6.45, 7) is 9.03. The lowest BCUT2D eigenvalue weighted by Crippen LogP contribution is -2.36. The predicted molar refractivity (Wildman–Crippen MR) is 108 cm³/mol. The van der Waals surface area contributed by atoms with E-state index in [1.165, 1.54) is 6.92 Å². The maximum absolute atomic E-state index is 12.3. The highest BCUT2D eigenvalue weighted by atomic mass is 32.2. The average molecular weight is 394 g/mol. The zero-order valence-corrected chi connectivity index (χ0v) is 17.7. The van der Waals surface area contributed by atoms with Crippen molar-refractivity contribution in [1.82, 2.24) is 4.90 Å². The van der Waals surface area contributed by atoms with Gasteiger partial charge in [0, 0.05) is 33.0 Å². The Bertz CT molecular complexity index is 820. The van der Waals surface area contributed by atoms with Gasteiger partial charge in [-0.15, -0.1) is 0 Å². The Morgan fingerprint density at radius 3 is 2.41 bits per heavy atom. The van der Waals surface area contributed by atoms with Crippen LogP contribution in [0.25, 0.3) is 0 Å². The van der Waals surface area contributed by atoms with E-state index in [2.05, 4.69) is 4.99 Å². The molecule has 27 heavy (non-hydrogen) atoms. The van der Waals surface area contributed by atoms with Crippen molar-refractivity contribution in [1.29, 1.82) is 0 Å². The summed E-state index contributed by atoms with van der Waals surface area (Å²) in [5, 5.41) is -0.394. The molecule has 7 nitrogen and oxygen atoms in total. The van der Waals surface area contributed by atoms with Crippen molar-refractivity contribution in [2.45, 2.75) is 52.4 Å². The molecule has 2 rings (SSSR count). The number of esters is 1. The van der Waals surface area contributed by atoms with E-state index in [9.17, 15) is 9.59 Å². The molecule has 0 saturated heterocycles. The fourth-order valence-electron chi connectivity index (χ4n) is 2.98. The number of carbonyl (C=O) groups is 2. The third-order valence-electron chi connectivity index (χ3n) is 4.67. The van der Waals surface area contributed by atoms with Gasteiger partial charge in [-0.05, 0) is 62.6 Å². The lowest BCUT2D eigenvalue weighted by molar-refractivity contribution is -0.132. The second kappa shape index (κ2) is 7.80. The van der Waals surface area contributed by atoms with Crippen LogP contribution in [0.4, 0.5) is 4.79 Å². The number of ether oxygens (including phenoxy) is 2. The molecule has 0 bridgehead atoms. The molecule has 148 valence electrons. The lowest BCUT2D eigenvalue weighted by Gasteiger charge is -2.36. The molecule has 2 N–H and O–H groups in total. The number of thioether (sulfide) groups is 1. The Morgan fingerprint density at radius 1 is 1.22 bits per heavy atom. The van der Waals surface area contributed by atoms with Gasteiger partial charge in [0.2, 0.25) is 0 Å². The molecule has 0 fully saturated rings. The zero-order chi connectivity index (χ0) is 20.5. The fourth-order valence-corrected chi connectivity index (χ4v) is 3.82. The van der Waals surface area contributed by atoms with Crippen molar-refractivity contribution in [3.63, 3.8) is 0 Å². The molecule has 1 amide bonds. The highest BCUT2D eigenvalue weighted by Crippen LogP contribution is 2.47. The first-order valence-corrected chi connectivity index (χ1v) is 9.51. The van der Waals surface area contributed by atoms with Gasteiger partial charge in [-0.3, -0.25) is 9.59 Å². The number of hydrogen-bond acceptors (Lipinski definition) is 5. The first-order chi connectivity index (χ1) is 12.4. The number of hydrogen-bond donors (Lipinski definition) is 1. The molecule has 0 saturated carbocycles. The SMILES string of the molecule is CC(=O)Oc1c(C)c(C)c2c(c1C)CCC(C)(SC(=O)/N=C(/N)N(C)C)O2. The van der Waals surface area contributed by atoms with Gasteiger partial charge >= 0.3 is 11.2 Å². The summed E-state index contributed by atoms with van der Waals surface area (Å²) in [4.78, 5) is 28.4. The maximum atomic E-state index is 12.3. The third-order valence-corrected chi connectivity index (χ3v) is 5.66. The average Bonchev–Trinajstić information content (AvgIpc) is 2.55. The van der Waals surface area contributed by atoms with Crippen LogP contribution >= 0.6 is 11.8 Å². The summed E-state index contributed by atoms with van der Waals surface area (Å²) in [6.07, 6.45) is 1.33. The number of carbonyl (C=O) groups excluding carboxylic acids is 2. The Balaban J connectivity index is 2.34. The van der Waals surface area contributed by atoms with Gasteiger partial charge in [0.05, 0.1) is 0 Å². The van der Waals surface area contributed by atoms with Gasteiger partial charge in [0.25, 0.3) is 0 Å². The van der Waals surface area contributed by atoms with E-state index in [0.29, 0.717) is 18.6 Å². The zero-order valence-electron chi connectivity index (χ0n) is 16.9. The minimum atomic E-state index is -0.743. The van der Waals surface area contributed by atoms with Crippen molar-refractivity contribution in [3.8, 4) is 11.5 Å². The molecule has 0 spiro atoms. The van der Waals surface area contributed by atoms with Gasteiger partial charge in [0.15, 0.2) is 10.9 Å². The minimum Gasteiger partial charge on any atom is -0.476 e. The van der Waals surface area contributed by atoms with Crippen LogP contribution in [0.3, 0.4) is 0 Å². The Morgan fingerprint density at radius 2 is 1.85 bits per heavy atom. The van der Waals surface area contributed by atoms with Crippen molar-refractivity contribution in [2.24, 2.45) is 10.7 Å². The topological polar surface area (TPSA) is 94.2 Å². The highest BCUT2D eigenvalue weighted by molar-refractivity contribution is 8.14. The Labute approximate surface area is 164 Å². The molecule has 1 aliphatic rings. The van der Waals surface area contributed by atoms with Crippen LogP contribution in [0.2, 0.25) is 0 Å². The van der Waals surface area contributed by atoms with Crippen molar-refractivity contribution >= 4 is 28.9 Å². The third kappa shape index (κ3) is 4.55. The molecule has 0 radical (unpaired) electrons. The summed E-state index contributed by atoms with van der Waals surface area (Å²) in [7, 11) is 3.45. The molecule has 0 aliphatic carbocycles. The van der Waals surface area contributed by atoms with Crippen LogP contribution in [0.5, 0.6) is 11.5 Å². The first-order valence-electron chi connectivity index (χ1n) is 8.69. The monoisotopic (exact) mass is 393 g/mol. The maximum Gasteiger partial charge on any atom is 0.311 e. The molecule has 1 atom stereocenters. The van der Waals surface area contributed by atoms with E-state index in [1.807, 2.05) is 27.7 Å². The van der Waals surface area contributed by atoms with Crippen LogP contribution in [-0.2, 0) is 11.2 Å². The molecule has 1 unspecified atom stereocenters. The predicted octanol–water partition coefficient (Wildman–Crippen LogP) is 3.31. The second-order valence-electron chi connectivity index (χ2n) is 7.07. The number of guanidine groups is 1. The number of benzene rings is 1. The van der Waals surface area contributed by atoms with Crippen LogP contribution in [0, 0.1) is 20.8 Å². The normalized spacial score (nSPS) is 19.1. The Kier molecular flexibility index (Phi) is 6.09. The standard InChI is InChI=1S/C19H27N3O4S/c1-10-11(2)16-14(12(3)15(10)25-13(4)23)8-9-19(5,26-16)27-18(24)21-17(20)22(6)7/h8-9H2,1-7H3,(H2,20,21,24). The number of rotatable bonds is 2. The van der Waals surface area contributed by atoms with Crippen LogP contribution in [0.1, 0.15) is 42.5 Å². The summed E-state index contributed by atoms with van der Waals surface area (Å²) in [5.41, 5.74) is 9.39. The van der Waals surface area contributed by atoms with Gasteiger partial charge in [-0.1, -0.05) is 0 Å². The first kappa shape index (κ1) is 21.1. The summed E-state index contributed by atoms with van der Waals surface area (Å²) < 4.78 is 11.7. The largest absolute Gasteiger partial charge is 0.476 e. The van der Waals surface area contributed by atoms with Crippen LogP contribution in [-0.4, -0.2) is 41.1 Å². The molecule has 1 heterocycles. The summed E-state index contributed by atoms with van der Waals surface area (Å²) in [5.74, 6) is 1.15. The number of fused-ring (bicyclic) bond motifs is 1. The van der Waals surface area contributed by atoms with Gasteiger partial charge in [-0.2, -0.15) is 4.99 Å². The smallest absolute Gasteiger partial charge is 0.311 e. The van der Waals surface area contributed by atoms with Crippen LogP contribution < -0.4 is 15.2 Å². The molecular weight excluding hydrogens is 366 g/mol. The molecule has 0 aromatic heterocycles. The van der Waals surface area contributed by atoms with E-state index in [4.69, 9.17) is 15.2 Å². The molecule has 1 aliphatic heterocycles. The highest BCUT2D eigenvalue weighted by Gasteiger charge is 2.37. The number of nitrogens with zero attached hydrogens (tertiary/aromatic N) is 2. The number of amides is 1. The lowest BCUT2D eigenvalue weighted by atomic mass is 9.91. The van der Waals surface area contributed by atoms with Gasteiger partial charge in [0.1, 0.15) is 11.5 Å². The van der Waals surface area contributed by atoms with E-state index >= 15 is 0 Å². The van der Waals surface area contributed by atoms with Crippen LogP contribution in [0.15, 0.2) is 4.99 Å².